The Morgan fingerprint density at radius 2 is 1.70 bits per heavy atom. The van der Waals surface area contributed by atoms with Crippen molar-refractivity contribution in [3.63, 3.8) is 0 Å². The first-order chi connectivity index (χ1) is 24.3. The Morgan fingerprint density at radius 1 is 0.940 bits per heavy atom. The maximum Gasteiger partial charge on any atom is 0.335 e. The van der Waals surface area contributed by atoms with Crippen molar-refractivity contribution in [1.29, 1.82) is 0 Å². The number of amides is 2. The van der Waals surface area contributed by atoms with Crippen molar-refractivity contribution >= 4 is 46.8 Å². The number of tetrazole rings is 1. The van der Waals surface area contributed by atoms with E-state index in [0.29, 0.717) is 17.7 Å². The molecule has 1 atom stereocenters. The quantitative estimate of drug-likeness (QED) is 0.184. The predicted molar refractivity (Wildman–Crippen MR) is 187 cm³/mol. The van der Waals surface area contributed by atoms with Crippen molar-refractivity contribution in [2.75, 3.05) is 29.9 Å². The van der Waals surface area contributed by atoms with Gasteiger partial charge >= 0.3 is 5.97 Å². The van der Waals surface area contributed by atoms with E-state index in [1.165, 1.54) is 83.0 Å². The van der Waals surface area contributed by atoms with Gasteiger partial charge < -0.3 is 20.2 Å². The zero-order chi connectivity index (χ0) is 34.8. The van der Waals surface area contributed by atoms with E-state index in [1.54, 1.807) is 0 Å². The summed E-state index contributed by atoms with van der Waals surface area (Å²) >= 11 is 6.09. The lowest BCUT2D eigenvalue weighted by Crippen LogP contribution is -2.45. The smallest absolute Gasteiger partial charge is 0.335 e. The first-order valence-electron chi connectivity index (χ1n) is 16.1. The predicted octanol–water partition coefficient (Wildman–Crippen LogP) is 6.20. The van der Waals surface area contributed by atoms with E-state index in [1.807, 2.05) is 18.2 Å². The van der Waals surface area contributed by atoms with E-state index in [9.17, 15) is 19.5 Å². The molecule has 4 aromatic carbocycles. The minimum absolute atomic E-state index is 0.00487. The Morgan fingerprint density at radius 3 is 2.40 bits per heavy atom. The van der Waals surface area contributed by atoms with Gasteiger partial charge in [-0.1, -0.05) is 41.9 Å². The second-order valence-corrected chi connectivity index (χ2v) is 12.5. The maximum absolute atomic E-state index is 15.3. The highest BCUT2D eigenvalue weighted by Crippen LogP contribution is 2.38. The molecule has 252 valence electrons. The fourth-order valence-electron chi connectivity index (χ4n) is 6.63. The van der Waals surface area contributed by atoms with Crippen LogP contribution in [0.5, 0.6) is 0 Å². The van der Waals surface area contributed by atoms with Crippen molar-refractivity contribution in [3.8, 4) is 16.8 Å². The molecule has 0 aliphatic carbocycles. The summed E-state index contributed by atoms with van der Waals surface area (Å²) in [7, 11) is 0. The third-order valence-electron chi connectivity index (χ3n) is 9.10. The number of aromatic carboxylic acids is 1. The van der Waals surface area contributed by atoms with Crippen LogP contribution in [0.1, 0.15) is 45.9 Å². The minimum Gasteiger partial charge on any atom is -0.478 e. The Bertz CT molecular complexity index is 2100. The average Bonchev–Trinajstić information content (AvgIpc) is 3.88. The van der Waals surface area contributed by atoms with Crippen molar-refractivity contribution in [2.24, 2.45) is 0 Å². The van der Waals surface area contributed by atoms with Crippen LogP contribution >= 0.6 is 11.6 Å². The Hall–Kier alpha value is -5.88. The van der Waals surface area contributed by atoms with Gasteiger partial charge in [-0.2, -0.15) is 4.68 Å². The van der Waals surface area contributed by atoms with Crippen LogP contribution < -0.4 is 10.2 Å². The molecule has 7 rings (SSSR count). The van der Waals surface area contributed by atoms with E-state index in [4.69, 9.17) is 11.6 Å². The first kappa shape index (κ1) is 32.7. The molecule has 0 saturated carbocycles. The Labute approximate surface area is 291 Å². The van der Waals surface area contributed by atoms with Crippen LogP contribution in [-0.2, 0) is 16.0 Å². The highest BCUT2D eigenvalue weighted by atomic mass is 35.5. The third-order valence-corrected chi connectivity index (χ3v) is 9.39. The Kier molecular flexibility index (Phi) is 9.09. The highest BCUT2D eigenvalue weighted by Gasteiger charge is 2.36. The normalized spacial score (nSPS) is 15.7. The molecule has 1 unspecified atom stereocenters. The van der Waals surface area contributed by atoms with Crippen LogP contribution in [0.3, 0.4) is 0 Å². The monoisotopic (exact) mass is 691 g/mol. The van der Waals surface area contributed by atoms with Crippen molar-refractivity contribution in [3.05, 3.63) is 124 Å². The molecule has 2 aliphatic heterocycles. The molecule has 0 spiro atoms. The summed E-state index contributed by atoms with van der Waals surface area (Å²) in [4.78, 5) is 43.3. The molecule has 11 nitrogen and oxygen atoms in total. The number of carboxylic acid groups (broad SMARTS) is 1. The number of carbonyl (C=O) groups excluding carboxylic acids is 2. The van der Waals surface area contributed by atoms with E-state index in [-0.39, 0.29) is 28.4 Å². The molecular formula is C37H31ClFN7O4. The maximum atomic E-state index is 15.3. The minimum atomic E-state index is -1.09. The number of anilines is 2. The zero-order valence-corrected chi connectivity index (χ0v) is 27.4. The number of aromatic nitrogens is 4. The van der Waals surface area contributed by atoms with Gasteiger partial charge in [-0.05, 0) is 107 Å². The number of nitrogens with zero attached hydrogens (tertiary/aromatic N) is 6. The van der Waals surface area contributed by atoms with Gasteiger partial charge in [-0.3, -0.25) is 9.59 Å². The van der Waals surface area contributed by atoms with Crippen LogP contribution in [-0.4, -0.2) is 67.6 Å². The SMILES string of the molecule is O=C(O)c1ccc(NC(=O)C2c3cccc(-c4ccc(N5CCCC5)cc4)c3CCN2C(=O)/C=C/c2c(-n3cnnn3)ccc(Cl)c2F)cc1. The van der Waals surface area contributed by atoms with E-state index < -0.39 is 29.6 Å². The molecule has 50 heavy (non-hydrogen) atoms. The lowest BCUT2D eigenvalue weighted by atomic mass is 9.86. The number of hydrogen-bond acceptors (Lipinski definition) is 7. The van der Waals surface area contributed by atoms with Crippen molar-refractivity contribution in [1.82, 2.24) is 25.1 Å². The van der Waals surface area contributed by atoms with E-state index >= 15 is 4.39 Å². The fraction of sp³-hybridized carbons (Fsp3) is 0.189. The van der Waals surface area contributed by atoms with Gasteiger partial charge in [-0.15, -0.1) is 5.10 Å². The summed E-state index contributed by atoms with van der Waals surface area (Å²) in [6, 6.07) is 21.8. The molecule has 0 radical (unpaired) electrons. The zero-order valence-electron chi connectivity index (χ0n) is 26.7. The molecule has 5 aromatic rings. The first-order valence-corrected chi connectivity index (χ1v) is 16.5. The largest absolute Gasteiger partial charge is 0.478 e. The number of nitrogens with one attached hydrogen (secondary N) is 1. The summed E-state index contributed by atoms with van der Waals surface area (Å²) in [6.45, 7) is 2.28. The molecule has 1 aromatic heterocycles. The van der Waals surface area contributed by atoms with Crippen LogP contribution in [0.2, 0.25) is 5.02 Å². The summed E-state index contributed by atoms with van der Waals surface area (Å²) in [5.41, 5.74) is 5.44. The van der Waals surface area contributed by atoms with Gasteiger partial charge in [0.05, 0.1) is 16.3 Å². The van der Waals surface area contributed by atoms with Gasteiger partial charge in [0.25, 0.3) is 5.91 Å². The molecule has 2 aliphatic rings. The topological polar surface area (TPSA) is 134 Å². The lowest BCUT2D eigenvalue weighted by molar-refractivity contribution is -0.135. The van der Waals surface area contributed by atoms with Gasteiger partial charge in [0.15, 0.2) is 5.82 Å². The molecule has 3 heterocycles. The molecule has 1 fully saturated rings. The second kappa shape index (κ2) is 13.9. The number of halogens is 2. The molecule has 2 amide bonds. The highest BCUT2D eigenvalue weighted by molar-refractivity contribution is 6.31. The van der Waals surface area contributed by atoms with Crippen LogP contribution in [0.15, 0.2) is 91.3 Å². The van der Waals surface area contributed by atoms with Crippen molar-refractivity contribution < 1.29 is 23.9 Å². The number of hydrogen-bond donors (Lipinski definition) is 2. The average molecular weight is 692 g/mol. The number of rotatable bonds is 8. The molecule has 0 bridgehead atoms. The molecular weight excluding hydrogens is 661 g/mol. The number of benzene rings is 4. The standard InChI is InChI=1S/C37H31ClFN7O4/c38-31-15-16-32(46-22-40-42-43-46)30(34(31)39)14-17-33(47)45-21-18-28-27(23-8-12-26(13-9-23)44-19-1-2-20-44)4-3-5-29(28)35(45)36(48)41-25-10-6-24(7-11-25)37(49)50/h3-17,22,35H,1-2,18-21H2,(H,41,48)(H,49,50)/b17-14+. The van der Waals surface area contributed by atoms with Crippen LogP contribution in [0.25, 0.3) is 22.9 Å². The molecule has 1 saturated heterocycles. The van der Waals surface area contributed by atoms with E-state index in [0.717, 1.165) is 29.8 Å². The van der Waals surface area contributed by atoms with Gasteiger partial charge in [0, 0.05) is 42.6 Å². The summed E-state index contributed by atoms with van der Waals surface area (Å²) in [5, 5.41) is 23.1. The van der Waals surface area contributed by atoms with E-state index in [2.05, 4.69) is 50.0 Å². The number of fused-ring (bicyclic) bond motifs is 1. The van der Waals surface area contributed by atoms with Gasteiger partial charge in [0.2, 0.25) is 5.91 Å². The fourth-order valence-corrected chi connectivity index (χ4v) is 6.79. The number of carbonyl (C=O) groups is 3. The molecule has 2 N–H and O–H groups in total. The number of carboxylic acids is 1. The van der Waals surface area contributed by atoms with Gasteiger partial charge in [0.1, 0.15) is 12.4 Å². The van der Waals surface area contributed by atoms with Crippen LogP contribution in [0, 0.1) is 5.82 Å². The Balaban J connectivity index is 1.24. The lowest BCUT2D eigenvalue weighted by Gasteiger charge is -2.37. The summed E-state index contributed by atoms with van der Waals surface area (Å²) in [6.07, 6.45) is 6.63. The third kappa shape index (κ3) is 6.45. The molecule has 13 heteroatoms. The summed E-state index contributed by atoms with van der Waals surface area (Å²) in [5.74, 6) is -2.86. The van der Waals surface area contributed by atoms with Crippen LogP contribution in [0.4, 0.5) is 15.8 Å². The second-order valence-electron chi connectivity index (χ2n) is 12.1. The summed E-state index contributed by atoms with van der Waals surface area (Å²) < 4.78 is 16.5. The van der Waals surface area contributed by atoms with Gasteiger partial charge in [-0.25, -0.2) is 9.18 Å². The van der Waals surface area contributed by atoms with Crippen molar-refractivity contribution in [2.45, 2.75) is 25.3 Å².